The van der Waals surface area contributed by atoms with E-state index in [9.17, 15) is 0 Å². The lowest BCUT2D eigenvalue weighted by atomic mass is 9.87. The molecular formula is C61H85N5. The summed E-state index contributed by atoms with van der Waals surface area (Å²) in [5.74, 6) is 1.82. The van der Waals surface area contributed by atoms with Gasteiger partial charge in [-0.15, -0.1) is 0 Å². The molecule has 0 atom stereocenters. The van der Waals surface area contributed by atoms with Gasteiger partial charge < -0.3 is 4.57 Å². The molecule has 5 nitrogen and oxygen atoms in total. The standard InChI is InChI=1S/C16H17N.C15H16N2.C12H14N2.C10H14.4C2H6/c1-16(2,3)17-14-10-6-4-8-12(14)13-9-5-7-11-15(13)17;1-15(2,3)14-16-9-11-8-10-6-4-5-7-12(10)13(11)17-14;1-12(2,3)11-13-8-9-6-4-5-7-10(9)14-11;1-10(2,3)9-7-5-4-6-8-9;4*1-2/h4-11H,1-3H3;4-7,9H,8H2,1-3H3;4-8H,1-3H3;4-8H,1-3H3;4*1-2H3. The second kappa shape index (κ2) is 25.9. The van der Waals surface area contributed by atoms with Crippen molar-refractivity contribution in [3.8, 4) is 11.3 Å². The molecule has 9 rings (SSSR count). The van der Waals surface area contributed by atoms with Crippen LogP contribution in [0, 0.1) is 0 Å². The van der Waals surface area contributed by atoms with Gasteiger partial charge in [0.05, 0.1) is 11.2 Å². The largest absolute Gasteiger partial charge is 0.335 e. The van der Waals surface area contributed by atoms with E-state index in [0.717, 1.165) is 34.7 Å². The van der Waals surface area contributed by atoms with E-state index in [-0.39, 0.29) is 16.4 Å². The molecule has 0 amide bonds. The number of nitrogens with zero attached hydrogens (tertiary/aromatic N) is 5. The third kappa shape index (κ3) is 15.2. The summed E-state index contributed by atoms with van der Waals surface area (Å²) in [6.07, 6.45) is 4.85. The number of benzene rings is 5. The molecule has 5 heteroatoms. The van der Waals surface area contributed by atoms with Crippen molar-refractivity contribution in [3.05, 3.63) is 168 Å². The average Bonchev–Trinajstić information content (AvgIpc) is 3.88. The molecule has 0 saturated carbocycles. The summed E-state index contributed by atoms with van der Waals surface area (Å²) in [4.78, 5) is 18.2. The Bertz CT molecular complexity index is 2570. The van der Waals surface area contributed by atoms with Crippen LogP contribution in [0.5, 0.6) is 0 Å². The highest BCUT2D eigenvalue weighted by atomic mass is 15.0. The summed E-state index contributed by atoms with van der Waals surface area (Å²) in [7, 11) is 0. The van der Waals surface area contributed by atoms with Gasteiger partial charge in [-0.3, -0.25) is 0 Å². The molecule has 66 heavy (non-hydrogen) atoms. The van der Waals surface area contributed by atoms with Crippen LogP contribution in [0.1, 0.15) is 167 Å². The van der Waals surface area contributed by atoms with Crippen molar-refractivity contribution in [2.45, 2.75) is 167 Å². The molecule has 5 aromatic carbocycles. The van der Waals surface area contributed by atoms with Gasteiger partial charge in [0.1, 0.15) is 11.6 Å². The minimum atomic E-state index is 0.00651. The van der Waals surface area contributed by atoms with Crippen LogP contribution in [-0.2, 0) is 28.2 Å². The average molecular weight is 888 g/mol. The van der Waals surface area contributed by atoms with Gasteiger partial charge in [-0.2, -0.15) is 0 Å². The van der Waals surface area contributed by atoms with E-state index in [1.807, 2.05) is 92.0 Å². The number of rotatable bonds is 0. The maximum atomic E-state index is 4.75. The predicted molar refractivity (Wildman–Crippen MR) is 292 cm³/mol. The number of fused-ring (bicyclic) bond motifs is 7. The normalized spacial score (nSPS) is 11.3. The summed E-state index contributed by atoms with van der Waals surface area (Å²) in [6.45, 7) is 42.3. The molecule has 3 aromatic heterocycles. The van der Waals surface area contributed by atoms with E-state index >= 15 is 0 Å². The molecule has 3 heterocycles. The van der Waals surface area contributed by atoms with E-state index < -0.39 is 0 Å². The smallest absolute Gasteiger partial charge is 0.134 e. The van der Waals surface area contributed by atoms with Crippen LogP contribution in [0.4, 0.5) is 0 Å². The highest BCUT2D eigenvalue weighted by Gasteiger charge is 2.24. The van der Waals surface area contributed by atoms with Crippen LogP contribution < -0.4 is 0 Å². The number of hydrogen-bond donors (Lipinski definition) is 0. The van der Waals surface area contributed by atoms with Gasteiger partial charge in [0.15, 0.2) is 0 Å². The summed E-state index contributed by atoms with van der Waals surface area (Å²) in [5.41, 5.74) is 10.5. The van der Waals surface area contributed by atoms with Crippen molar-refractivity contribution >= 4 is 32.7 Å². The van der Waals surface area contributed by atoms with Gasteiger partial charge in [0.25, 0.3) is 0 Å². The third-order valence-electron chi connectivity index (χ3n) is 10.2. The zero-order valence-corrected chi connectivity index (χ0v) is 44.7. The first kappa shape index (κ1) is 56.4. The van der Waals surface area contributed by atoms with Crippen LogP contribution in [0.25, 0.3) is 44.0 Å². The maximum absolute atomic E-state index is 4.75. The Labute approximate surface area is 401 Å². The molecule has 8 aromatic rings. The van der Waals surface area contributed by atoms with E-state index in [0.29, 0.717) is 5.41 Å². The van der Waals surface area contributed by atoms with Crippen LogP contribution in [0.3, 0.4) is 0 Å². The van der Waals surface area contributed by atoms with Gasteiger partial charge in [0.2, 0.25) is 0 Å². The highest BCUT2D eigenvalue weighted by molar-refractivity contribution is 6.08. The lowest BCUT2D eigenvalue weighted by molar-refractivity contribution is 0.423. The second-order valence-corrected chi connectivity index (χ2v) is 19.3. The Kier molecular flexibility index (Phi) is 22.1. The minimum absolute atomic E-state index is 0.00651. The summed E-state index contributed by atoms with van der Waals surface area (Å²) >= 11 is 0. The first-order chi connectivity index (χ1) is 31.3. The molecule has 0 N–H and O–H groups in total. The first-order valence-corrected chi connectivity index (χ1v) is 24.5. The highest BCUT2D eigenvalue weighted by Crippen LogP contribution is 2.36. The lowest BCUT2D eigenvalue weighted by Gasteiger charge is -2.24. The molecule has 0 spiro atoms. The van der Waals surface area contributed by atoms with E-state index in [1.165, 1.54) is 44.1 Å². The quantitative estimate of drug-likeness (QED) is 0.152. The number of hydrogen-bond acceptors (Lipinski definition) is 4. The fourth-order valence-corrected chi connectivity index (χ4v) is 7.16. The summed E-state index contributed by atoms with van der Waals surface area (Å²) in [5, 5.41) is 3.79. The molecule has 1 aliphatic carbocycles. The maximum Gasteiger partial charge on any atom is 0.134 e. The summed E-state index contributed by atoms with van der Waals surface area (Å²) < 4.78 is 2.43. The van der Waals surface area contributed by atoms with Crippen molar-refractivity contribution < 1.29 is 0 Å². The molecule has 0 unspecified atom stereocenters. The zero-order valence-electron chi connectivity index (χ0n) is 44.7. The summed E-state index contributed by atoms with van der Waals surface area (Å²) in [6, 6.07) is 44.4. The van der Waals surface area contributed by atoms with Gasteiger partial charge in [0, 0.05) is 73.5 Å². The lowest BCUT2D eigenvalue weighted by Crippen LogP contribution is -2.21. The fourth-order valence-electron chi connectivity index (χ4n) is 7.16. The van der Waals surface area contributed by atoms with Gasteiger partial charge in [-0.1, -0.05) is 227 Å². The van der Waals surface area contributed by atoms with Gasteiger partial charge >= 0.3 is 0 Å². The van der Waals surface area contributed by atoms with Crippen molar-refractivity contribution in [1.29, 1.82) is 0 Å². The topological polar surface area (TPSA) is 56.5 Å². The van der Waals surface area contributed by atoms with Crippen LogP contribution in [-0.4, -0.2) is 24.5 Å². The van der Waals surface area contributed by atoms with E-state index in [1.54, 1.807) is 0 Å². The Morgan fingerprint density at radius 3 is 1.35 bits per heavy atom. The molecule has 0 bridgehead atoms. The molecule has 0 radical (unpaired) electrons. The Balaban J connectivity index is 0.000000291. The molecule has 0 aliphatic heterocycles. The van der Waals surface area contributed by atoms with Crippen molar-refractivity contribution in [3.63, 3.8) is 0 Å². The van der Waals surface area contributed by atoms with E-state index in [4.69, 9.17) is 4.98 Å². The molecule has 0 saturated heterocycles. The Hall–Kier alpha value is -5.68. The zero-order chi connectivity index (χ0) is 49.9. The van der Waals surface area contributed by atoms with Crippen LogP contribution in [0.15, 0.2) is 140 Å². The number of para-hydroxylation sites is 3. The SMILES string of the molecule is CC.CC.CC.CC.CC(C)(C)c1ccccc1.CC(C)(C)c1ncc2c(n1)-c1ccccc1C2.CC(C)(C)c1ncc2ccccc2n1.CC(C)(C)n1c2ccccc2c2ccccc21. The van der Waals surface area contributed by atoms with Crippen molar-refractivity contribution in [1.82, 2.24) is 24.5 Å². The molecule has 1 aliphatic rings. The van der Waals surface area contributed by atoms with E-state index in [2.05, 4.69) is 206 Å². The van der Waals surface area contributed by atoms with Crippen molar-refractivity contribution in [2.75, 3.05) is 0 Å². The minimum Gasteiger partial charge on any atom is -0.335 e. The molecular weight excluding hydrogens is 803 g/mol. The monoisotopic (exact) mass is 888 g/mol. The van der Waals surface area contributed by atoms with Gasteiger partial charge in [-0.25, -0.2) is 19.9 Å². The Morgan fingerprint density at radius 1 is 0.409 bits per heavy atom. The second-order valence-electron chi connectivity index (χ2n) is 19.3. The van der Waals surface area contributed by atoms with Crippen LogP contribution in [0.2, 0.25) is 0 Å². The fraction of sp³-hybridized carbons (Fsp3) is 0.410. The molecule has 0 fully saturated rings. The van der Waals surface area contributed by atoms with Crippen molar-refractivity contribution in [2.24, 2.45) is 0 Å². The first-order valence-electron chi connectivity index (χ1n) is 24.5. The Morgan fingerprint density at radius 2 is 0.848 bits per heavy atom. The van der Waals surface area contributed by atoms with Crippen LogP contribution >= 0.6 is 0 Å². The van der Waals surface area contributed by atoms with Gasteiger partial charge in [-0.05, 0) is 55.5 Å². The number of aromatic nitrogens is 5. The predicted octanol–water partition coefficient (Wildman–Crippen LogP) is 17.9. The molecule has 354 valence electrons. The third-order valence-corrected chi connectivity index (χ3v) is 10.2.